The second-order valence-corrected chi connectivity index (χ2v) is 5.45. The van der Waals surface area contributed by atoms with Crippen LogP contribution in [0.4, 0.5) is 5.82 Å². The molecule has 8 heteroatoms. The molecule has 1 aliphatic rings. The molecule has 0 aliphatic carbocycles. The number of carbonyl (C=O) groups is 1. The molecule has 1 aliphatic heterocycles. The molecule has 0 aromatic carbocycles. The highest BCUT2D eigenvalue weighted by atomic mass is 35.5. The minimum Gasteiger partial charge on any atom is -0.358 e. The summed E-state index contributed by atoms with van der Waals surface area (Å²) >= 11 is 5.86. The van der Waals surface area contributed by atoms with Crippen LogP contribution >= 0.6 is 11.6 Å². The molecule has 0 saturated carbocycles. The van der Waals surface area contributed by atoms with Crippen molar-refractivity contribution in [3.05, 3.63) is 20.8 Å². The maximum absolute atomic E-state index is 12.3. The molecular formula is C12H17ClN4O3. The molecule has 1 unspecified atom stereocenters. The Morgan fingerprint density at radius 1 is 1.55 bits per heavy atom. The zero-order chi connectivity index (χ0) is 14.9. The molecule has 1 atom stereocenters. The van der Waals surface area contributed by atoms with Gasteiger partial charge in [0.1, 0.15) is 6.54 Å². The normalized spacial score (nSPS) is 19.1. The van der Waals surface area contributed by atoms with Gasteiger partial charge < -0.3 is 15.0 Å². The molecule has 1 amide bonds. The first-order valence-corrected chi connectivity index (χ1v) is 6.96. The molecule has 20 heavy (non-hydrogen) atoms. The fourth-order valence-corrected chi connectivity index (χ4v) is 2.67. The van der Waals surface area contributed by atoms with E-state index in [1.165, 1.54) is 4.68 Å². The van der Waals surface area contributed by atoms with Gasteiger partial charge in [0.05, 0.1) is 10.8 Å². The fraction of sp³-hybridized carbons (Fsp3) is 0.667. The molecule has 2 rings (SSSR count). The van der Waals surface area contributed by atoms with E-state index in [-0.39, 0.29) is 23.5 Å². The summed E-state index contributed by atoms with van der Waals surface area (Å²) in [5.41, 5.74) is 0.441. The Morgan fingerprint density at radius 2 is 2.25 bits per heavy atom. The second kappa shape index (κ2) is 5.78. The van der Waals surface area contributed by atoms with Crippen molar-refractivity contribution in [3.8, 4) is 0 Å². The molecule has 2 heterocycles. The lowest BCUT2D eigenvalue weighted by Gasteiger charge is -2.33. The first-order chi connectivity index (χ1) is 9.41. The van der Waals surface area contributed by atoms with Crippen molar-refractivity contribution in [2.24, 2.45) is 0 Å². The quantitative estimate of drug-likeness (QED) is 0.632. The highest BCUT2D eigenvalue weighted by molar-refractivity contribution is 6.33. The van der Waals surface area contributed by atoms with Gasteiger partial charge in [-0.1, -0.05) is 11.6 Å². The van der Waals surface area contributed by atoms with Crippen LogP contribution in [0.5, 0.6) is 0 Å². The van der Waals surface area contributed by atoms with Gasteiger partial charge in [-0.15, -0.1) is 0 Å². The number of likely N-dealkylation sites (tertiary alicyclic amines) is 1. The van der Waals surface area contributed by atoms with Gasteiger partial charge in [0, 0.05) is 12.6 Å². The van der Waals surface area contributed by atoms with Crippen LogP contribution in [0.25, 0.3) is 0 Å². The third-order valence-electron chi connectivity index (χ3n) is 3.70. The Labute approximate surface area is 121 Å². The third-order valence-corrected chi connectivity index (χ3v) is 4.14. The third kappa shape index (κ3) is 2.77. The molecule has 110 valence electrons. The number of piperidine rings is 1. The van der Waals surface area contributed by atoms with Crippen LogP contribution < -0.4 is 0 Å². The highest BCUT2D eigenvalue weighted by Gasteiger charge is 2.28. The van der Waals surface area contributed by atoms with Crippen molar-refractivity contribution in [2.45, 2.75) is 45.7 Å². The molecular weight excluding hydrogens is 284 g/mol. The Kier molecular flexibility index (Phi) is 4.27. The number of hydrogen-bond acceptors (Lipinski definition) is 4. The number of amides is 1. The van der Waals surface area contributed by atoms with Crippen LogP contribution in [0.3, 0.4) is 0 Å². The first kappa shape index (κ1) is 14.8. The maximum Gasteiger partial charge on any atom is 0.408 e. The lowest BCUT2D eigenvalue weighted by atomic mass is 10.0. The van der Waals surface area contributed by atoms with Crippen LogP contribution in [0.15, 0.2) is 0 Å². The van der Waals surface area contributed by atoms with Crippen molar-refractivity contribution >= 4 is 23.3 Å². The molecule has 0 N–H and O–H groups in total. The fourth-order valence-electron chi connectivity index (χ4n) is 2.47. The van der Waals surface area contributed by atoms with E-state index in [4.69, 9.17) is 11.6 Å². The predicted octanol–water partition coefficient (Wildman–Crippen LogP) is 2.15. The zero-order valence-electron chi connectivity index (χ0n) is 11.5. The van der Waals surface area contributed by atoms with Crippen molar-refractivity contribution in [1.82, 2.24) is 14.7 Å². The Bertz CT molecular complexity index is 543. The number of carbonyl (C=O) groups excluding carboxylic acids is 1. The van der Waals surface area contributed by atoms with E-state index in [0.717, 1.165) is 25.8 Å². The SMILES string of the molecule is Cc1c(Cl)c([N+](=O)[O-])nn1CC(=O)N1CCCCC1C. The lowest BCUT2D eigenvalue weighted by molar-refractivity contribution is -0.389. The second-order valence-electron chi connectivity index (χ2n) is 5.07. The van der Waals surface area contributed by atoms with Gasteiger partial charge >= 0.3 is 5.82 Å². The van der Waals surface area contributed by atoms with Gasteiger partial charge in [-0.25, -0.2) is 0 Å². The summed E-state index contributed by atoms with van der Waals surface area (Å²) in [6.45, 7) is 4.36. The van der Waals surface area contributed by atoms with Gasteiger partial charge in [0.15, 0.2) is 5.02 Å². The zero-order valence-corrected chi connectivity index (χ0v) is 12.3. The number of aromatic nitrogens is 2. The van der Waals surface area contributed by atoms with Gasteiger partial charge in [-0.05, 0) is 38.0 Å². The summed E-state index contributed by atoms with van der Waals surface area (Å²) in [5, 5.41) is 14.6. The Hall–Kier alpha value is -1.63. The smallest absolute Gasteiger partial charge is 0.358 e. The summed E-state index contributed by atoms with van der Waals surface area (Å²) in [7, 11) is 0. The maximum atomic E-state index is 12.3. The predicted molar refractivity (Wildman–Crippen MR) is 73.7 cm³/mol. The van der Waals surface area contributed by atoms with Gasteiger partial charge in [-0.2, -0.15) is 4.68 Å². The van der Waals surface area contributed by atoms with Gasteiger partial charge in [0.25, 0.3) is 0 Å². The summed E-state index contributed by atoms with van der Waals surface area (Å²) in [4.78, 5) is 24.2. The van der Waals surface area contributed by atoms with Crippen molar-refractivity contribution in [3.63, 3.8) is 0 Å². The molecule has 1 fully saturated rings. The minimum atomic E-state index is -0.639. The Balaban J connectivity index is 2.15. The van der Waals surface area contributed by atoms with Crippen molar-refractivity contribution in [2.75, 3.05) is 6.54 Å². The average molecular weight is 301 g/mol. The molecule has 0 spiro atoms. The van der Waals surface area contributed by atoms with E-state index in [1.54, 1.807) is 6.92 Å². The van der Waals surface area contributed by atoms with E-state index < -0.39 is 10.7 Å². The lowest BCUT2D eigenvalue weighted by Crippen LogP contribution is -2.43. The largest absolute Gasteiger partial charge is 0.408 e. The Morgan fingerprint density at radius 3 is 2.80 bits per heavy atom. The van der Waals surface area contributed by atoms with Crippen LogP contribution in [0.2, 0.25) is 5.02 Å². The van der Waals surface area contributed by atoms with E-state index in [0.29, 0.717) is 5.69 Å². The number of nitro groups is 1. The topological polar surface area (TPSA) is 81.3 Å². The molecule has 1 aromatic rings. The van der Waals surface area contributed by atoms with Crippen LogP contribution in [-0.4, -0.2) is 38.1 Å². The highest BCUT2D eigenvalue weighted by Crippen LogP contribution is 2.26. The van der Waals surface area contributed by atoms with E-state index >= 15 is 0 Å². The summed E-state index contributed by atoms with van der Waals surface area (Å²) in [6, 6.07) is 0.206. The number of rotatable bonds is 3. The number of halogens is 1. The van der Waals surface area contributed by atoms with E-state index in [2.05, 4.69) is 5.10 Å². The monoisotopic (exact) mass is 300 g/mol. The van der Waals surface area contributed by atoms with Crippen molar-refractivity contribution in [1.29, 1.82) is 0 Å². The van der Waals surface area contributed by atoms with E-state index in [9.17, 15) is 14.9 Å². The number of nitrogens with zero attached hydrogens (tertiary/aromatic N) is 4. The number of hydrogen-bond donors (Lipinski definition) is 0. The van der Waals surface area contributed by atoms with Gasteiger partial charge in [0.2, 0.25) is 5.91 Å². The van der Waals surface area contributed by atoms with Crippen molar-refractivity contribution < 1.29 is 9.72 Å². The molecule has 7 nitrogen and oxygen atoms in total. The summed E-state index contributed by atoms with van der Waals surface area (Å²) in [5.74, 6) is -0.474. The molecule has 1 aromatic heterocycles. The van der Waals surface area contributed by atoms with Gasteiger partial charge in [-0.3, -0.25) is 4.79 Å². The molecule has 1 saturated heterocycles. The first-order valence-electron chi connectivity index (χ1n) is 6.58. The summed E-state index contributed by atoms with van der Waals surface area (Å²) in [6.07, 6.45) is 3.11. The summed E-state index contributed by atoms with van der Waals surface area (Å²) < 4.78 is 1.31. The minimum absolute atomic E-state index is 0.00510. The van der Waals surface area contributed by atoms with Crippen LogP contribution in [0.1, 0.15) is 31.9 Å². The average Bonchev–Trinajstić information content (AvgIpc) is 2.67. The van der Waals surface area contributed by atoms with Crippen LogP contribution in [0, 0.1) is 17.0 Å². The van der Waals surface area contributed by atoms with E-state index in [1.807, 2.05) is 11.8 Å². The van der Waals surface area contributed by atoms with Crippen LogP contribution in [-0.2, 0) is 11.3 Å². The standard InChI is InChI=1S/C12H17ClN4O3/c1-8-5-3-4-6-15(8)10(18)7-16-9(2)11(13)12(14-16)17(19)20/h8H,3-7H2,1-2H3. The molecule has 0 bridgehead atoms. The molecule has 0 radical (unpaired) electrons.